The van der Waals surface area contributed by atoms with Crippen LogP contribution in [0.1, 0.15) is 67.7 Å². The van der Waals surface area contributed by atoms with Crippen molar-refractivity contribution in [3.05, 3.63) is 0 Å². The molecule has 3 aliphatic rings. The lowest BCUT2D eigenvalue weighted by atomic mass is 9.70. The Morgan fingerprint density at radius 3 is 2.52 bits per heavy atom. The van der Waals surface area contributed by atoms with E-state index in [-0.39, 0.29) is 30.4 Å². The van der Waals surface area contributed by atoms with Crippen molar-refractivity contribution in [1.82, 2.24) is 10.2 Å². The van der Waals surface area contributed by atoms with Gasteiger partial charge in [-0.1, -0.05) is 20.8 Å². The number of aliphatic hydroxyl groups is 1. The summed E-state index contributed by atoms with van der Waals surface area (Å²) in [6.45, 7) is 13.6. The van der Waals surface area contributed by atoms with Crippen LogP contribution in [0.3, 0.4) is 0 Å². The van der Waals surface area contributed by atoms with E-state index in [2.05, 4.69) is 26.1 Å². The van der Waals surface area contributed by atoms with Gasteiger partial charge in [-0.15, -0.1) is 0 Å². The quantitative estimate of drug-likeness (QED) is 0.586. The van der Waals surface area contributed by atoms with E-state index in [0.29, 0.717) is 12.8 Å². The second kappa shape index (κ2) is 8.03. The highest BCUT2D eigenvalue weighted by Crippen LogP contribution is 2.59. The molecule has 3 fully saturated rings. The molecule has 176 valence electrons. The first-order valence-corrected chi connectivity index (χ1v) is 11.4. The van der Waals surface area contributed by atoms with E-state index in [1.54, 1.807) is 13.8 Å². The largest absolute Gasteiger partial charge is 0.466 e. The molecule has 3 heterocycles. The highest BCUT2D eigenvalue weighted by Gasteiger charge is 2.75. The van der Waals surface area contributed by atoms with E-state index in [9.17, 15) is 19.5 Å². The fraction of sp³-hybridized carbons (Fsp3) is 0.870. The molecule has 0 aromatic rings. The summed E-state index contributed by atoms with van der Waals surface area (Å²) in [6, 6.07) is -1.46. The lowest BCUT2D eigenvalue weighted by Gasteiger charge is -2.39. The van der Waals surface area contributed by atoms with E-state index in [1.165, 1.54) is 4.90 Å². The molecule has 2 amide bonds. The minimum Gasteiger partial charge on any atom is -0.466 e. The summed E-state index contributed by atoms with van der Waals surface area (Å²) in [6.07, 6.45) is 1.45. The van der Waals surface area contributed by atoms with Crippen molar-refractivity contribution in [2.45, 2.75) is 97.1 Å². The highest BCUT2D eigenvalue weighted by atomic mass is 16.6. The summed E-state index contributed by atoms with van der Waals surface area (Å²) in [5.41, 5.74) is -1.57. The predicted molar refractivity (Wildman–Crippen MR) is 114 cm³/mol. The van der Waals surface area contributed by atoms with Crippen molar-refractivity contribution in [1.29, 1.82) is 0 Å². The van der Waals surface area contributed by atoms with Gasteiger partial charge in [0.2, 0.25) is 11.8 Å². The Balaban J connectivity index is 1.97. The van der Waals surface area contributed by atoms with Crippen LogP contribution in [0.4, 0.5) is 0 Å². The molecule has 0 saturated carbocycles. The SMILES string of the molecule is CCOC(=O)[C@@H]1[C@@H]2CCC3(O2)C(C(=O)NC(C)(C)CC(C)(C)C)N([C@H](C)CO)C(=O)[C@H]13. The second-order valence-corrected chi connectivity index (χ2v) is 11.2. The third-order valence-electron chi connectivity index (χ3n) is 6.72. The number of carbonyl (C=O) groups is 3. The molecule has 0 aliphatic carbocycles. The van der Waals surface area contributed by atoms with Gasteiger partial charge in [0.1, 0.15) is 11.6 Å². The van der Waals surface area contributed by atoms with Crippen LogP contribution in [-0.4, -0.2) is 70.3 Å². The highest BCUT2D eigenvalue weighted by molar-refractivity contribution is 5.98. The molecule has 3 rings (SSSR count). The van der Waals surface area contributed by atoms with Crippen LogP contribution in [0.25, 0.3) is 0 Å². The van der Waals surface area contributed by atoms with Gasteiger partial charge in [-0.25, -0.2) is 0 Å². The van der Waals surface area contributed by atoms with Crippen molar-refractivity contribution < 1.29 is 29.0 Å². The maximum Gasteiger partial charge on any atom is 0.312 e. The molecule has 0 aromatic carbocycles. The molecule has 6 atom stereocenters. The minimum absolute atomic E-state index is 0.00150. The Bertz CT molecular complexity index is 745. The van der Waals surface area contributed by atoms with Crippen LogP contribution < -0.4 is 5.32 Å². The fourth-order valence-corrected chi connectivity index (χ4v) is 6.23. The number of ether oxygens (including phenoxy) is 2. The third kappa shape index (κ3) is 4.09. The topological polar surface area (TPSA) is 105 Å². The van der Waals surface area contributed by atoms with E-state index in [4.69, 9.17) is 9.47 Å². The summed E-state index contributed by atoms with van der Waals surface area (Å²) in [5.74, 6) is -2.53. The van der Waals surface area contributed by atoms with Crippen LogP contribution in [-0.2, 0) is 23.9 Å². The van der Waals surface area contributed by atoms with Crippen molar-refractivity contribution in [2.24, 2.45) is 17.3 Å². The number of amides is 2. The zero-order valence-electron chi connectivity index (χ0n) is 19.9. The Morgan fingerprint density at radius 2 is 1.97 bits per heavy atom. The summed E-state index contributed by atoms with van der Waals surface area (Å²) >= 11 is 0. The lowest BCUT2D eigenvalue weighted by Crippen LogP contribution is -2.60. The number of nitrogens with one attached hydrogen (secondary N) is 1. The number of aliphatic hydroxyl groups excluding tert-OH is 1. The van der Waals surface area contributed by atoms with Gasteiger partial charge < -0.3 is 24.8 Å². The summed E-state index contributed by atoms with van der Waals surface area (Å²) in [4.78, 5) is 41.4. The maximum atomic E-state index is 13.7. The normalized spacial score (nSPS) is 33.4. The van der Waals surface area contributed by atoms with Crippen LogP contribution in [0.5, 0.6) is 0 Å². The van der Waals surface area contributed by atoms with E-state index in [0.717, 1.165) is 6.42 Å². The number of hydrogen-bond donors (Lipinski definition) is 2. The van der Waals surface area contributed by atoms with Crippen LogP contribution in [0, 0.1) is 17.3 Å². The molecule has 0 radical (unpaired) electrons. The molecule has 8 nitrogen and oxygen atoms in total. The first-order chi connectivity index (χ1) is 14.3. The Hall–Kier alpha value is -1.67. The minimum atomic E-state index is -1.06. The van der Waals surface area contributed by atoms with E-state index in [1.807, 2.05) is 13.8 Å². The van der Waals surface area contributed by atoms with Gasteiger partial charge in [-0.2, -0.15) is 0 Å². The molecular weight excluding hydrogens is 400 g/mol. The summed E-state index contributed by atoms with van der Waals surface area (Å²) < 4.78 is 11.5. The third-order valence-corrected chi connectivity index (χ3v) is 6.72. The fourth-order valence-electron chi connectivity index (χ4n) is 6.23. The first kappa shape index (κ1) is 24.0. The molecule has 31 heavy (non-hydrogen) atoms. The monoisotopic (exact) mass is 438 g/mol. The Morgan fingerprint density at radius 1 is 1.32 bits per heavy atom. The van der Waals surface area contributed by atoms with Crippen LogP contribution in [0.15, 0.2) is 0 Å². The number of nitrogens with zero attached hydrogens (tertiary/aromatic N) is 1. The molecule has 0 aromatic heterocycles. The zero-order chi connectivity index (χ0) is 23.4. The smallest absolute Gasteiger partial charge is 0.312 e. The van der Waals surface area contributed by atoms with Gasteiger partial charge in [0.25, 0.3) is 0 Å². The maximum absolute atomic E-state index is 13.7. The average molecular weight is 439 g/mol. The molecular formula is C23H38N2O6. The van der Waals surface area contributed by atoms with Gasteiger partial charge in [0, 0.05) is 5.54 Å². The molecule has 2 unspecified atom stereocenters. The zero-order valence-corrected chi connectivity index (χ0v) is 19.9. The van der Waals surface area contributed by atoms with Crippen molar-refractivity contribution >= 4 is 17.8 Å². The molecule has 8 heteroatoms. The summed E-state index contributed by atoms with van der Waals surface area (Å²) in [5, 5.41) is 13.0. The first-order valence-electron chi connectivity index (χ1n) is 11.4. The van der Waals surface area contributed by atoms with Gasteiger partial charge in [-0.05, 0) is 52.4 Å². The molecule has 2 bridgehead atoms. The van der Waals surface area contributed by atoms with Crippen molar-refractivity contribution in [3.8, 4) is 0 Å². The van der Waals surface area contributed by atoms with E-state index < -0.39 is 47.1 Å². The second-order valence-electron chi connectivity index (χ2n) is 11.2. The van der Waals surface area contributed by atoms with Gasteiger partial charge in [0.15, 0.2) is 0 Å². The molecule has 2 N–H and O–H groups in total. The lowest BCUT2D eigenvalue weighted by molar-refractivity contribution is -0.155. The van der Waals surface area contributed by atoms with Gasteiger partial charge in [-0.3, -0.25) is 14.4 Å². The van der Waals surface area contributed by atoms with Crippen molar-refractivity contribution in [2.75, 3.05) is 13.2 Å². The molecule has 3 saturated heterocycles. The average Bonchev–Trinajstić information content (AvgIpc) is 3.25. The molecule has 1 spiro atoms. The number of carbonyl (C=O) groups excluding carboxylic acids is 3. The Labute approximate surface area is 185 Å². The Kier molecular flexibility index (Phi) is 6.21. The van der Waals surface area contributed by atoms with Crippen LogP contribution >= 0.6 is 0 Å². The van der Waals surface area contributed by atoms with Gasteiger partial charge in [0.05, 0.1) is 37.2 Å². The van der Waals surface area contributed by atoms with Crippen molar-refractivity contribution in [3.63, 3.8) is 0 Å². The van der Waals surface area contributed by atoms with Gasteiger partial charge >= 0.3 is 5.97 Å². The summed E-state index contributed by atoms with van der Waals surface area (Å²) in [7, 11) is 0. The number of likely N-dealkylation sites (tertiary alicyclic amines) is 1. The van der Waals surface area contributed by atoms with Crippen LogP contribution in [0.2, 0.25) is 0 Å². The molecule has 3 aliphatic heterocycles. The number of esters is 1. The number of hydrogen-bond acceptors (Lipinski definition) is 6. The number of rotatable bonds is 7. The standard InChI is InChI=1S/C23H38N2O6/c1-8-30-20(29)15-14-9-10-23(31-14)16(15)19(28)25(13(2)11-26)17(23)18(27)24-22(6,7)12-21(3,4)5/h13-17,26H,8-12H2,1-7H3,(H,24,27)/t13-,14+,15-,16+,17?,23?/m1/s1. The number of fused-ring (bicyclic) bond motifs is 1. The predicted octanol–water partition coefficient (Wildman–Crippen LogP) is 1.64. The van der Waals surface area contributed by atoms with E-state index >= 15 is 0 Å².